The van der Waals surface area contributed by atoms with Gasteiger partial charge in [-0.15, -0.1) is 5.10 Å². The zero-order valence-electron chi connectivity index (χ0n) is 11.3. The normalized spacial score (nSPS) is 11.7. The highest BCUT2D eigenvalue weighted by molar-refractivity contribution is 14.1. The lowest BCUT2D eigenvalue weighted by Gasteiger charge is -2.04. The molecule has 0 radical (unpaired) electrons. The minimum absolute atomic E-state index is 0.0926. The van der Waals surface area contributed by atoms with Crippen LogP contribution in [0.15, 0.2) is 26.7 Å². The quantitative estimate of drug-likeness (QED) is 0.332. The Balaban J connectivity index is 2.33. The fraction of sp³-hybridized carbons (Fsp3) is 0.154. The number of aryl methyl sites for hydroxylation is 1. The SMILES string of the molecule is CCc1nc(S/C(=C\c2cc(Br)c(O)c(I)c2)C(=O)O)n[nH]1. The van der Waals surface area contributed by atoms with Crippen molar-refractivity contribution in [3.63, 3.8) is 0 Å². The van der Waals surface area contributed by atoms with Crippen LogP contribution in [0.25, 0.3) is 6.08 Å². The summed E-state index contributed by atoms with van der Waals surface area (Å²) in [5, 5.41) is 26.1. The maximum atomic E-state index is 11.4. The summed E-state index contributed by atoms with van der Waals surface area (Å²) in [4.78, 5) is 15.7. The van der Waals surface area contributed by atoms with Crippen molar-refractivity contribution in [2.75, 3.05) is 0 Å². The van der Waals surface area contributed by atoms with Gasteiger partial charge in [0.25, 0.3) is 0 Å². The van der Waals surface area contributed by atoms with Crippen molar-refractivity contribution < 1.29 is 15.0 Å². The molecule has 1 heterocycles. The highest BCUT2D eigenvalue weighted by Gasteiger charge is 2.14. The largest absolute Gasteiger partial charge is 0.506 e. The third kappa shape index (κ3) is 4.23. The van der Waals surface area contributed by atoms with Crippen LogP contribution in [0.2, 0.25) is 0 Å². The van der Waals surface area contributed by atoms with E-state index in [-0.39, 0.29) is 10.7 Å². The van der Waals surface area contributed by atoms with Gasteiger partial charge in [-0.3, -0.25) is 5.10 Å². The van der Waals surface area contributed by atoms with E-state index in [1.54, 1.807) is 12.1 Å². The number of phenolic OH excluding ortho intramolecular Hbond substituents is 1. The molecule has 0 aliphatic heterocycles. The Labute approximate surface area is 152 Å². The van der Waals surface area contributed by atoms with Crippen molar-refractivity contribution in [1.82, 2.24) is 15.2 Å². The number of rotatable bonds is 5. The van der Waals surface area contributed by atoms with Gasteiger partial charge >= 0.3 is 5.97 Å². The van der Waals surface area contributed by atoms with Crippen LogP contribution in [0.5, 0.6) is 5.75 Å². The molecule has 3 N–H and O–H groups in total. The third-order valence-electron chi connectivity index (χ3n) is 2.60. The maximum absolute atomic E-state index is 11.4. The second-order valence-corrected chi connectivity index (χ2v) is 7.19. The number of carboxylic acid groups (broad SMARTS) is 1. The van der Waals surface area contributed by atoms with Crippen LogP contribution < -0.4 is 0 Å². The number of carbonyl (C=O) groups is 1. The average Bonchev–Trinajstić information content (AvgIpc) is 2.91. The molecule has 0 saturated heterocycles. The van der Waals surface area contributed by atoms with Crippen LogP contribution in [-0.2, 0) is 11.2 Å². The summed E-state index contributed by atoms with van der Waals surface area (Å²) in [6.07, 6.45) is 2.21. The van der Waals surface area contributed by atoms with Crippen LogP contribution in [0, 0.1) is 3.57 Å². The summed E-state index contributed by atoms with van der Waals surface area (Å²) in [6, 6.07) is 3.34. The molecule has 1 aromatic heterocycles. The Morgan fingerprint density at radius 2 is 2.27 bits per heavy atom. The topological polar surface area (TPSA) is 99.1 Å². The Bertz CT molecular complexity index is 725. The van der Waals surface area contributed by atoms with Crippen LogP contribution in [-0.4, -0.2) is 31.4 Å². The molecule has 0 aliphatic carbocycles. The predicted molar refractivity (Wildman–Crippen MR) is 95.8 cm³/mol. The van der Waals surface area contributed by atoms with E-state index in [2.05, 4.69) is 31.1 Å². The van der Waals surface area contributed by atoms with E-state index in [0.29, 0.717) is 31.0 Å². The number of thioether (sulfide) groups is 1. The number of halogens is 2. The number of H-pyrrole nitrogens is 1. The van der Waals surface area contributed by atoms with Crippen molar-refractivity contribution in [3.05, 3.63) is 36.5 Å². The molecule has 0 bridgehead atoms. The standard InChI is InChI=1S/C13H11BrIN3O3S/c1-2-10-16-13(18-17-10)22-9(12(20)21)5-6-3-7(14)11(19)8(15)4-6/h3-5,19H,2H2,1H3,(H,20,21)(H,16,17,18)/b9-5-. The fourth-order valence-electron chi connectivity index (χ4n) is 1.53. The van der Waals surface area contributed by atoms with Gasteiger partial charge in [-0.1, -0.05) is 6.92 Å². The van der Waals surface area contributed by atoms with Crippen LogP contribution >= 0.6 is 50.3 Å². The summed E-state index contributed by atoms with van der Waals surface area (Å²) in [7, 11) is 0. The van der Waals surface area contributed by atoms with Crippen molar-refractivity contribution in [1.29, 1.82) is 0 Å². The fourth-order valence-corrected chi connectivity index (χ4v) is 3.76. The summed E-state index contributed by atoms with van der Waals surface area (Å²) in [5.41, 5.74) is 0.658. The van der Waals surface area contributed by atoms with Crippen molar-refractivity contribution >= 4 is 62.3 Å². The molecule has 0 spiro atoms. The second-order valence-electron chi connectivity index (χ2n) is 4.17. The summed E-state index contributed by atoms with van der Waals surface area (Å²) >= 11 is 6.19. The molecule has 2 aromatic rings. The predicted octanol–water partition coefficient (Wildman–Crippen LogP) is 3.66. The van der Waals surface area contributed by atoms with Crippen molar-refractivity contribution in [2.24, 2.45) is 0 Å². The molecule has 2 rings (SSSR count). The number of hydrogen-bond acceptors (Lipinski definition) is 5. The number of nitrogens with zero attached hydrogens (tertiary/aromatic N) is 2. The summed E-state index contributed by atoms with van der Waals surface area (Å²) in [6.45, 7) is 1.93. The Hall–Kier alpha value is -1.07. The Morgan fingerprint density at radius 3 is 2.82 bits per heavy atom. The van der Waals surface area contributed by atoms with Gasteiger partial charge in [-0.2, -0.15) is 0 Å². The molecule has 1 aromatic carbocycles. The van der Waals surface area contributed by atoms with Gasteiger partial charge in [0, 0.05) is 6.42 Å². The molecular weight excluding hydrogens is 485 g/mol. The van der Waals surface area contributed by atoms with E-state index in [0.717, 1.165) is 11.8 Å². The van der Waals surface area contributed by atoms with Gasteiger partial charge in [0.05, 0.1) is 8.04 Å². The van der Waals surface area contributed by atoms with Gasteiger partial charge in [-0.05, 0) is 74.1 Å². The smallest absolute Gasteiger partial charge is 0.342 e. The van der Waals surface area contributed by atoms with E-state index in [4.69, 9.17) is 0 Å². The number of carboxylic acids is 1. The molecule has 0 fully saturated rings. The zero-order valence-corrected chi connectivity index (χ0v) is 15.9. The molecule has 0 amide bonds. The minimum Gasteiger partial charge on any atom is -0.506 e. The molecule has 6 nitrogen and oxygen atoms in total. The van der Waals surface area contributed by atoms with Gasteiger partial charge in [0.2, 0.25) is 5.16 Å². The molecule has 0 atom stereocenters. The molecule has 116 valence electrons. The first-order valence-corrected chi connectivity index (χ1v) is 8.81. The zero-order chi connectivity index (χ0) is 16.3. The van der Waals surface area contributed by atoms with Crippen LogP contribution in [0.1, 0.15) is 18.3 Å². The van der Waals surface area contributed by atoms with E-state index >= 15 is 0 Å². The summed E-state index contributed by atoms with van der Waals surface area (Å²) < 4.78 is 1.13. The first-order valence-electron chi connectivity index (χ1n) is 6.12. The average molecular weight is 496 g/mol. The maximum Gasteiger partial charge on any atom is 0.342 e. The third-order valence-corrected chi connectivity index (χ3v) is 4.90. The molecule has 0 unspecified atom stereocenters. The van der Waals surface area contributed by atoms with E-state index in [1.165, 1.54) is 6.08 Å². The molecule has 9 heteroatoms. The van der Waals surface area contributed by atoms with E-state index < -0.39 is 5.97 Å². The number of hydrogen-bond donors (Lipinski definition) is 3. The molecule has 0 saturated carbocycles. The monoisotopic (exact) mass is 495 g/mol. The first-order chi connectivity index (χ1) is 10.4. The molecular formula is C13H11BrIN3O3S. The van der Waals surface area contributed by atoms with Crippen LogP contribution in [0.4, 0.5) is 0 Å². The lowest BCUT2D eigenvalue weighted by Crippen LogP contribution is -1.97. The number of aliphatic carboxylic acids is 1. The number of phenols is 1. The lowest BCUT2D eigenvalue weighted by atomic mass is 10.2. The molecule has 22 heavy (non-hydrogen) atoms. The van der Waals surface area contributed by atoms with Crippen molar-refractivity contribution in [3.8, 4) is 5.75 Å². The summed E-state index contributed by atoms with van der Waals surface area (Å²) in [5.74, 6) is -0.231. The Kier molecular flexibility index (Phi) is 5.87. The number of benzene rings is 1. The number of nitrogens with one attached hydrogen (secondary N) is 1. The Morgan fingerprint density at radius 1 is 1.55 bits per heavy atom. The highest BCUT2D eigenvalue weighted by Crippen LogP contribution is 2.33. The first kappa shape index (κ1) is 17.3. The van der Waals surface area contributed by atoms with Gasteiger partial charge < -0.3 is 10.2 Å². The highest BCUT2D eigenvalue weighted by atomic mass is 127. The molecule has 0 aliphatic rings. The van der Waals surface area contributed by atoms with Crippen LogP contribution in [0.3, 0.4) is 0 Å². The van der Waals surface area contributed by atoms with E-state index in [9.17, 15) is 15.0 Å². The van der Waals surface area contributed by atoms with Crippen molar-refractivity contribution in [2.45, 2.75) is 18.5 Å². The minimum atomic E-state index is -1.06. The second kappa shape index (κ2) is 7.47. The number of aromatic amines is 1. The number of aromatic nitrogens is 3. The van der Waals surface area contributed by atoms with Gasteiger partial charge in [-0.25, -0.2) is 9.78 Å². The van der Waals surface area contributed by atoms with E-state index in [1.807, 2.05) is 29.5 Å². The lowest BCUT2D eigenvalue weighted by molar-refractivity contribution is -0.131. The van der Waals surface area contributed by atoms with Gasteiger partial charge in [0.15, 0.2) is 0 Å². The number of aromatic hydroxyl groups is 1. The van der Waals surface area contributed by atoms with Gasteiger partial charge in [0.1, 0.15) is 16.5 Å².